The molecule has 1 fully saturated rings. The molecule has 4 atom stereocenters. The zero-order chi connectivity index (χ0) is 16.2. The molecule has 0 bridgehead atoms. The standard InChI is InChI=1S/C16H22O6/c1-16(14(19)10-18)8-7-12(13(9-17)22-16)21-15(20)11-5-3-2-4-6-11/h2-6,12-14,17-19H,7-10H2,1H3/t12-,13+,14+,16-/m0/s1. The number of hydrogen-bond acceptors (Lipinski definition) is 6. The van der Waals surface area contributed by atoms with Crippen molar-refractivity contribution in [3.8, 4) is 0 Å². The number of ether oxygens (including phenoxy) is 2. The van der Waals surface area contributed by atoms with Crippen LogP contribution in [0.1, 0.15) is 30.1 Å². The first kappa shape index (κ1) is 16.9. The van der Waals surface area contributed by atoms with Crippen molar-refractivity contribution in [1.29, 1.82) is 0 Å². The number of carbonyl (C=O) groups excluding carboxylic acids is 1. The summed E-state index contributed by atoms with van der Waals surface area (Å²) in [6.45, 7) is 0.912. The van der Waals surface area contributed by atoms with Crippen molar-refractivity contribution in [2.24, 2.45) is 0 Å². The summed E-state index contributed by atoms with van der Waals surface area (Å²) in [4.78, 5) is 12.1. The number of aliphatic hydroxyl groups excluding tert-OH is 3. The minimum absolute atomic E-state index is 0.333. The first-order chi connectivity index (χ1) is 10.5. The van der Waals surface area contributed by atoms with Crippen LogP contribution in [0, 0.1) is 0 Å². The summed E-state index contributed by atoms with van der Waals surface area (Å²) in [5.41, 5.74) is -0.527. The van der Waals surface area contributed by atoms with Gasteiger partial charge in [-0.15, -0.1) is 0 Å². The van der Waals surface area contributed by atoms with Gasteiger partial charge in [-0.25, -0.2) is 4.79 Å². The third kappa shape index (κ3) is 3.64. The van der Waals surface area contributed by atoms with E-state index >= 15 is 0 Å². The monoisotopic (exact) mass is 310 g/mol. The first-order valence-corrected chi connectivity index (χ1v) is 7.34. The van der Waals surface area contributed by atoms with Crippen molar-refractivity contribution in [1.82, 2.24) is 0 Å². The van der Waals surface area contributed by atoms with E-state index in [0.29, 0.717) is 18.4 Å². The van der Waals surface area contributed by atoms with Gasteiger partial charge in [-0.2, -0.15) is 0 Å². The molecule has 1 aliphatic rings. The van der Waals surface area contributed by atoms with Crippen LogP contribution >= 0.6 is 0 Å². The highest BCUT2D eigenvalue weighted by molar-refractivity contribution is 5.89. The van der Waals surface area contributed by atoms with Gasteiger partial charge in [0.15, 0.2) is 0 Å². The fourth-order valence-electron chi connectivity index (χ4n) is 2.60. The number of aliphatic hydroxyl groups is 3. The van der Waals surface area contributed by atoms with E-state index in [4.69, 9.17) is 14.6 Å². The van der Waals surface area contributed by atoms with Crippen molar-refractivity contribution >= 4 is 5.97 Å². The van der Waals surface area contributed by atoms with Gasteiger partial charge in [0.25, 0.3) is 0 Å². The maximum absolute atomic E-state index is 12.1. The lowest BCUT2D eigenvalue weighted by molar-refractivity contribution is -0.220. The summed E-state index contributed by atoms with van der Waals surface area (Å²) < 4.78 is 11.1. The predicted octanol–water partition coefficient (Wildman–Crippen LogP) is 0.495. The van der Waals surface area contributed by atoms with E-state index in [1.165, 1.54) is 0 Å². The van der Waals surface area contributed by atoms with Crippen LogP contribution in [0.25, 0.3) is 0 Å². The zero-order valence-corrected chi connectivity index (χ0v) is 12.5. The Labute approximate surface area is 129 Å². The number of rotatable bonds is 5. The van der Waals surface area contributed by atoms with E-state index < -0.39 is 36.5 Å². The van der Waals surface area contributed by atoms with Crippen molar-refractivity contribution < 1.29 is 29.6 Å². The van der Waals surface area contributed by atoms with Crippen LogP contribution in [-0.2, 0) is 9.47 Å². The molecule has 22 heavy (non-hydrogen) atoms. The second-order valence-electron chi connectivity index (χ2n) is 5.70. The minimum Gasteiger partial charge on any atom is -0.456 e. The van der Waals surface area contributed by atoms with Crippen LogP contribution < -0.4 is 0 Å². The highest BCUT2D eigenvalue weighted by Crippen LogP contribution is 2.33. The summed E-state index contributed by atoms with van der Waals surface area (Å²) in [5.74, 6) is -0.473. The molecule has 1 aliphatic heterocycles. The molecule has 0 aromatic heterocycles. The summed E-state index contributed by atoms with van der Waals surface area (Å²) in [6.07, 6.45) is -1.51. The molecular weight excluding hydrogens is 288 g/mol. The van der Waals surface area contributed by atoms with E-state index in [-0.39, 0.29) is 6.61 Å². The van der Waals surface area contributed by atoms with Crippen molar-refractivity contribution in [3.05, 3.63) is 35.9 Å². The fourth-order valence-corrected chi connectivity index (χ4v) is 2.60. The van der Waals surface area contributed by atoms with Crippen LogP contribution in [-0.4, -0.2) is 58.4 Å². The van der Waals surface area contributed by atoms with E-state index in [9.17, 15) is 15.0 Å². The summed E-state index contributed by atoms with van der Waals surface area (Å²) >= 11 is 0. The van der Waals surface area contributed by atoms with E-state index in [1.807, 2.05) is 0 Å². The Hall–Kier alpha value is -1.47. The van der Waals surface area contributed by atoms with Gasteiger partial charge in [0.05, 0.1) is 24.4 Å². The average molecular weight is 310 g/mol. The van der Waals surface area contributed by atoms with Gasteiger partial charge in [0.1, 0.15) is 18.3 Å². The fraction of sp³-hybridized carbons (Fsp3) is 0.562. The van der Waals surface area contributed by atoms with Gasteiger partial charge in [-0.1, -0.05) is 18.2 Å². The average Bonchev–Trinajstić information content (AvgIpc) is 2.56. The lowest BCUT2D eigenvalue weighted by atomic mass is 9.87. The number of benzene rings is 1. The van der Waals surface area contributed by atoms with E-state index in [1.54, 1.807) is 37.3 Å². The molecule has 1 aromatic rings. The van der Waals surface area contributed by atoms with Crippen molar-refractivity contribution in [2.45, 2.75) is 43.7 Å². The van der Waals surface area contributed by atoms with Gasteiger partial charge in [0.2, 0.25) is 0 Å². The topological polar surface area (TPSA) is 96.2 Å². The van der Waals surface area contributed by atoms with E-state index in [2.05, 4.69) is 0 Å². The largest absolute Gasteiger partial charge is 0.456 e. The molecule has 3 N–H and O–H groups in total. The maximum atomic E-state index is 12.1. The molecule has 122 valence electrons. The quantitative estimate of drug-likeness (QED) is 0.685. The van der Waals surface area contributed by atoms with Crippen molar-refractivity contribution in [2.75, 3.05) is 13.2 Å². The minimum atomic E-state index is -1.05. The second kappa shape index (κ2) is 7.19. The Balaban J connectivity index is 2.03. The molecule has 1 heterocycles. The van der Waals surface area contributed by atoms with Crippen LogP contribution in [0.3, 0.4) is 0 Å². The van der Waals surface area contributed by atoms with Gasteiger partial charge in [-0.05, 0) is 31.9 Å². The molecule has 0 saturated carbocycles. The molecule has 0 aliphatic carbocycles. The second-order valence-corrected chi connectivity index (χ2v) is 5.70. The lowest BCUT2D eigenvalue weighted by Gasteiger charge is -2.43. The third-order valence-corrected chi connectivity index (χ3v) is 4.09. The molecule has 0 unspecified atom stereocenters. The molecule has 6 heteroatoms. The van der Waals surface area contributed by atoms with Crippen LogP contribution in [0.5, 0.6) is 0 Å². The van der Waals surface area contributed by atoms with Gasteiger partial charge < -0.3 is 24.8 Å². The highest BCUT2D eigenvalue weighted by Gasteiger charge is 2.44. The summed E-state index contributed by atoms with van der Waals surface area (Å²) in [7, 11) is 0. The zero-order valence-electron chi connectivity index (χ0n) is 12.5. The molecule has 0 spiro atoms. The Kier molecular flexibility index (Phi) is 5.52. The number of esters is 1. The molecule has 0 amide bonds. The maximum Gasteiger partial charge on any atom is 0.338 e. The van der Waals surface area contributed by atoms with Crippen LogP contribution in [0.4, 0.5) is 0 Å². The first-order valence-electron chi connectivity index (χ1n) is 7.34. The summed E-state index contributed by atoms with van der Waals surface area (Å²) in [5, 5.41) is 28.4. The molecule has 0 radical (unpaired) electrons. The van der Waals surface area contributed by atoms with E-state index in [0.717, 1.165) is 0 Å². The Bertz CT molecular complexity index is 491. The van der Waals surface area contributed by atoms with Crippen molar-refractivity contribution in [3.63, 3.8) is 0 Å². The number of carbonyl (C=O) groups is 1. The Morgan fingerprint density at radius 3 is 2.68 bits per heavy atom. The summed E-state index contributed by atoms with van der Waals surface area (Å²) in [6, 6.07) is 8.59. The van der Waals surface area contributed by atoms with Gasteiger partial charge in [0, 0.05) is 0 Å². The number of hydrogen-bond donors (Lipinski definition) is 3. The molecular formula is C16H22O6. The molecule has 6 nitrogen and oxygen atoms in total. The molecule has 1 aromatic carbocycles. The molecule has 1 saturated heterocycles. The Morgan fingerprint density at radius 1 is 1.41 bits per heavy atom. The predicted molar refractivity (Wildman–Crippen MR) is 78.3 cm³/mol. The Morgan fingerprint density at radius 2 is 2.09 bits per heavy atom. The van der Waals surface area contributed by atoms with Crippen LogP contribution in [0.15, 0.2) is 30.3 Å². The van der Waals surface area contributed by atoms with Gasteiger partial charge in [-0.3, -0.25) is 0 Å². The normalized spacial score (nSPS) is 29.8. The third-order valence-electron chi connectivity index (χ3n) is 4.09. The molecule has 2 rings (SSSR count). The van der Waals surface area contributed by atoms with Gasteiger partial charge >= 0.3 is 5.97 Å². The lowest BCUT2D eigenvalue weighted by Crippen LogP contribution is -2.55. The smallest absolute Gasteiger partial charge is 0.338 e. The highest BCUT2D eigenvalue weighted by atomic mass is 16.6. The SMILES string of the molecule is C[C@@]1([C@H](O)CO)CC[C@H](OC(=O)c2ccccc2)[C@@H](CO)O1. The van der Waals surface area contributed by atoms with Crippen LogP contribution in [0.2, 0.25) is 0 Å².